The summed E-state index contributed by atoms with van der Waals surface area (Å²) in [6.45, 7) is 11.5. The molecule has 0 heterocycles. The van der Waals surface area contributed by atoms with Gasteiger partial charge in [-0.3, -0.25) is 4.79 Å². The van der Waals surface area contributed by atoms with Gasteiger partial charge in [-0.1, -0.05) is 6.08 Å². The minimum atomic E-state index is -0.303. The van der Waals surface area contributed by atoms with Crippen LogP contribution in [0.1, 0.15) is 20.8 Å². The van der Waals surface area contributed by atoms with E-state index in [9.17, 15) is 4.79 Å². The van der Waals surface area contributed by atoms with Crippen molar-refractivity contribution in [1.82, 2.24) is 10.6 Å². The van der Waals surface area contributed by atoms with Gasteiger partial charge in [0.15, 0.2) is 0 Å². The molecule has 0 aromatic carbocycles. The van der Waals surface area contributed by atoms with Crippen molar-refractivity contribution < 1.29 is 9.53 Å². The molecule has 0 atom stereocenters. The molecule has 0 spiro atoms. The Kier molecular flexibility index (Phi) is 6.99. The van der Waals surface area contributed by atoms with Gasteiger partial charge in [-0.25, -0.2) is 0 Å². The standard InChI is InChI=1S/C11H22N2O2/c1-5-7-12-8-10(14)13-9-11(3,4)15-6-2/h5,12H,1,6-9H2,2-4H3,(H,13,14). The van der Waals surface area contributed by atoms with Crippen LogP contribution in [-0.2, 0) is 9.53 Å². The van der Waals surface area contributed by atoms with Gasteiger partial charge in [-0.05, 0) is 20.8 Å². The molecule has 0 saturated carbocycles. The summed E-state index contributed by atoms with van der Waals surface area (Å²) >= 11 is 0. The molecule has 15 heavy (non-hydrogen) atoms. The SMILES string of the molecule is C=CCNCC(=O)NCC(C)(C)OCC. The fourth-order valence-electron chi connectivity index (χ4n) is 1.10. The second kappa shape index (κ2) is 7.43. The minimum Gasteiger partial charge on any atom is -0.374 e. The number of hydrogen-bond donors (Lipinski definition) is 2. The van der Waals surface area contributed by atoms with Crippen molar-refractivity contribution >= 4 is 5.91 Å². The lowest BCUT2D eigenvalue weighted by Gasteiger charge is -2.24. The van der Waals surface area contributed by atoms with Gasteiger partial charge >= 0.3 is 0 Å². The van der Waals surface area contributed by atoms with Gasteiger partial charge in [0.1, 0.15) is 0 Å². The van der Waals surface area contributed by atoms with Crippen LogP contribution < -0.4 is 10.6 Å². The average Bonchev–Trinajstić information content (AvgIpc) is 2.15. The molecule has 0 aromatic rings. The first-order valence-electron chi connectivity index (χ1n) is 5.24. The van der Waals surface area contributed by atoms with E-state index in [1.807, 2.05) is 20.8 Å². The third-order valence-corrected chi connectivity index (χ3v) is 1.82. The zero-order chi connectivity index (χ0) is 11.7. The van der Waals surface area contributed by atoms with Crippen LogP contribution in [0.25, 0.3) is 0 Å². The summed E-state index contributed by atoms with van der Waals surface area (Å²) in [5.74, 6) is -0.0235. The maximum atomic E-state index is 11.3. The lowest BCUT2D eigenvalue weighted by Crippen LogP contribution is -2.43. The van der Waals surface area contributed by atoms with Crippen molar-refractivity contribution in [1.29, 1.82) is 0 Å². The van der Waals surface area contributed by atoms with Crippen LogP contribution >= 0.6 is 0 Å². The summed E-state index contributed by atoms with van der Waals surface area (Å²) in [6, 6.07) is 0. The van der Waals surface area contributed by atoms with Crippen LogP contribution in [0, 0.1) is 0 Å². The Bertz CT molecular complexity index is 203. The Morgan fingerprint density at radius 3 is 2.73 bits per heavy atom. The van der Waals surface area contributed by atoms with Gasteiger partial charge < -0.3 is 15.4 Å². The molecule has 0 aliphatic rings. The third-order valence-electron chi connectivity index (χ3n) is 1.82. The molecule has 0 aliphatic heterocycles. The van der Waals surface area contributed by atoms with Crippen LogP contribution in [0.15, 0.2) is 12.7 Å². The summed E-state index contributed by atoms with van der Waals surface area (Å²) in [4.78, 5) is 11.3. The quantitative estimate of drug-likeness (QED) is 0.462. The molecule has 88 valence electrons. The molecule has 1 amide bonds. The number of rotatable bonds is 8. The third kappa shape index (κ3) is 8.15. The Morgan fingerprint density at radius 1 is 1.53 bits per heavy atom. The second-order valence-corrected chi connectivity index (χ2v) is 3.89. The molecule has 0 saturated heterocycles. The Labute approximate surface area is 92.1 Å². The van der Waals surface area contributed by atoms with Gasteiger partial charge in [0, 0.05) is 19.7 Å². The highest BCUT2D eigenvalue weighted by Crippen LogP contribution is 2.06. The van der Waals surface area contributed by atoms with Crippen molar-refractivity contribution in [3.8, 4) is 0 Å². The van der Waals surface area contributed by atoms with Crippen molar-refractivity contribution in [2.75, 3.05) is 26.2 Å². The molecule has 0 unspecified atom stereocenters. The monoisotopic (exact) mass is 214 g/mol. The molecular formula is C11H22N2O2. The number of ether oxygens (including phenoxy) is 1. The molecule has 4 nitrogen and oxygen atoms in total. The van der Waals surface area contributed by atoms with Crippen molar-refractivity contribution in [3.63, 3.8) is 0 Å². The fraction of sp³-hybridized carbons (Fsp3) is 0.727. The molecule has 0 aliphatic carbocycles. The Morgan fingerprint density at radius 2 is 2.20 bits per heavy atom. The van der Waals surface area contributed by atoms with E-state index in [1.165, 1.54) is 0 Å². The largest absolute Gasteiger partial charge is 0.374 e. The van der Waals surface area contributed by atoms with E-state index < -0.39 is 0 Å². The molecule has 0 aromatic heterocycles. The fourth-order valence-corrected chi connectivity index (χ4v) is 1.10. The van der Waals surface area contributed by atoms with E-state index in [4.69, 9.17) is 4.74 Å². The first-order chi connectivity index (χ1) is 7.02. The molecule has 0 radical (unpaired) electrons. The van der Waals surface area contributed by atoms with Crippen LogP contribution in [0.4, 0.5) is 0 Å². The van der Waals surface area contributed by atoms with E-state index in [0.717, 1.165) is 0 Å². The second-order valence-electron chi connectivity index (χ2n) is 3.89. The van der Waals surface area contributed by atoms with Crippen LogP contribution in [0.5, 0.6) is 0 Å². The van der Waals surface area contributed by atoms with Crippen molar-refractivity contribution in [2.45, 2.75) is 26.4 Å². The highest BCUT2D eigenvalue weighted by Gasteiger charge is 2.18. The summed E-state index contributed by atoms with van der Waals surface area (Å²) in [6.07, 6.45) is 1.72. The normalized spacial score (nSPS) is 11.1. The number of nitrogens with one attached hydrogen (secondary N) is 2. The molecule has 0 fully saturated rings. The number of carbonyl (C=O) groups is 1. The molecular weight excluding hydrogens is 192 g/mol. The highest BCUT2D eigenvalue weighted by atomic mass is 16.5. The molecule has 4 heteroatoms. The first kappa shape index (κ1) is 14.1. The zero-order valence-corrected chi connectivity index (χ0v) is 9.93. The number of hydrogen-bond acceptors (Lipinski definition) is 3. The minimum absolute atomic E-state index is 0.0235. The zero-order valence-electron chi connectivity index (χ0n) is 9.93. The van der Waals surface area contributed by atoms with Crippen LogP contribution in [-0.4, -0.2) is 37.7 Å². The Hall–Kier alpha value is -0.870. The molecule has 0 bridgehead atoms. The van der Waals surface area contributed by atoms with Crippen molar-refractivity contribution in [3.05, 3.63) is 12.7 Å². The van der Waals surface area contributed by atoms with E-state index in [1.54, 1.807) is 6.08 Å². The van der Waals surface area contributed by atoms with Gasteiger partial charge in [0.25, 0.3) is 0 Å². The van der Waals surface area contributed by atoms with E-state index in [2.05, 4.69) is 17.2 Å². The summed E-state index contributed by atoms with van der Waals surface area (Å²) in [5.41, 5.74) is -0.303. The molecule has 2 N–H and O–H groups in total. The van der Waals surface area contributed by atoms with E-state index in [-0.39, 0.29) is 11.5 Å². The first-order valence-corrected chi connectivity index (χ1v) is 5.24. The van der Waals surface area contributed by atoms with Gasteiger partial charge in [0.2, 0.25) is 5.91 Å². The van der Waals surface area contributed by atoms with E-state index in [0.29, 0.717) is 26.2 Å². The van der Waals surface area contributed by atoms with E-state index >= 15 is 0 Å². The maximum absolute atomic E-state index is 11.3. The lowest BCUT2D eigenvalue weighted by molar-refractivity contribution is -0.121. The Balaban J connectivity index is 3.65. The smallest absolute Gasteiger partial charge is 0.234 e. The number of amides is 1. The summed E-state index contributed by atoms with van der Waals surface area (Å²) in [5, 5.41) is 5.74. The highest BCUT2D eigenvalue weighted by molar-refractivity contribution is 5.78. The maximum Gasteiger partial charge on any atom is 0.234 e. The van der Waals surface area contributed by atoms with Gasteiger partial charge in [-0.15, -0.1) is 6.58 Å². The predicted octanol–water partition coefficient (Wildman–Crippen LogP) is 0.693. The van der Waals surface area contributed by atoms with Crippen LogP contribution in [0.3, 0.4) is 0 Å². The number of carbonyl (C=O) groups excluding carboxylic acids is 1. The van der Waals surface area contributed by atoms with Gasteiger partial charge in [0.05, 0.1) is 12.1 Å². The summed E-state index contributed by atoms with van der Waals surface area (Å²) in [7, 11) is 0. The summed E-state index contributed by atoms with van der Waals surface area (Å²) < 4.78 is 5.45. The van der Waals surface area contributed by atoms with Crippen molar-refractivity contribution in [2.24, 2.45) is 0 Å². The molecule has 0 rings (SSSR count). The topological polar surface area (TPSA) is 50.4 Å². The van der Waals surface area contributed by atoms with Gasteiger partial charge in [-0.2, -0.15) is 0 Å². The van der Waals surface area contributed by atoms with Crippen LogP contribution in [0.2, 0.25) is 0 Å². The average molecular weight is 214 g/mol. The predicted molar refractivity (Wildman–Crippen MR) is 61.8 cm³/mol. The lowest BCUT2D eigenvalue weighted by atomic mass is 10.1.